The Morgan fingerprint density at radius 1 is 1.04 bits per heavy atom. The lowest BCUT2D eigenvalue weighted by atomic mass is 10.2. The standard InChI is InChI=1S/C20H23FN4O3/c1-14-3-8-18(22-15(2)26)20(28)25(14)13-19(27)24-11-9-23(10-12-24)17-6-4-16(21)5-7-17/h3-8H,9-13H2,1-2H3,(H,22,26). The number of pyridine rings is 1. The van der Waals surface area contributed by atoms with Crippen LogP contribution >= 0.6 is 0 Å². The van der Waals surface area contributed by atoms with Crippen molar-refractivity contribution in [3.63, 3.8) is 0 Å². The first kappa shape index (κ1) is 19.6. The van der Waals surface area contributed by atoms with E-state index in [1.54, 1.807) is 36.1 Å². The van der Waals surface area contributed by atoms with Gasteiger partial charge in [-0.2, -0.15) is 0 Å². The Labute approximate surface area is 162 Å². The highest BCUT2D eigenvalue weighted by Gasteiger charge is 2.22. The summed E-state index contributed by atoms with van der Waals surface area (Å²) in [5.41, 5.74) is 1.33. The highest BCUT2D eigenvalue weighted by Crippen LogP contribution is 2.17. The van der Waals surface area contributed by atoms with Gasteiger partial charge in [-0.15, -0.1) is 0 Å². The number of anilines is 2. The highest BCUT2D eigenvalue weighted by molar-refractivity contribution is 5.88. The quantitative estimate of drug-likeness (QED) is 0.866. The van der Waals surface area contributed by atoms with E-state index < -0.39 is 5.56 Å². The molecule has 0 radical (unpaired) electrons. The second kappa shape index (κ2) is 8.24. The Morgan fingerprint density at radius 3 is 2.29 bits per heavy atom. The lowest BCUT2D eigenvalue weighted by Gasteiger charge is -2.36. The molecule has 28 heavy (non-hydrogen) atoms. The number of nitrogens with zero attached hydrogens (tertiary/aromatic N) is 3. The van der Waals surface area contributed by atoms with Crippen molar-refractivity contribution < 1.29 is 14.0 Å². The number of carbonyl (C=O) groups excluding carboxylic acids is 2. The summed E-state index contributed by atoms with van der Waals surface area (Å²) in [5.74, 6) is -0.764. The Morgan fingerprint density at radius 2 is 1.68 bits per heavy atom. The van der Waals surface area contributed by atoms with Crippen molar-refractivity contribution in [2.75, 3.05) is 36.4 Å². The van der Waals surface area contributed by atoms with Gasteiger partial charge in [-0.05, 0) is 43.3 Å². The van der Waals surface area contributed by atoms with E-state index in [-0.39, 0.29) is 29.9 Å². The monoisotopic (exact) mass is 386 g/mol. The Balaban J connectivity index is 1.65. The van der Waals surface area contributed by atoms with Gasteiger partial charge in [-0.3, -0.25) is 14.4 Å². The molecule has 0 spiro atoms. The van der Waals surface area contributed by atoms with Gasteiger partial charge in [0.2, 0.25) is 11.8 Å². The molecule has 2 amide bonds. The second-order valence-corrected chi connectivity index (χ2v) is 6.81. The molecule has 0 atom stereocenters. The van der Waals surface area contributed by atoms with E-state index in [0.717, 1.165) is 5.69 Å². The van der Waals surface area contributed by atoms with Crippen LogP contribution in [-0.4, -0.2) is 47.5 Å². The molecule has 2 aromatic rings. The van der Waals surface area contributed by atoms with Crippen molar-refractivity contribution in [2.24, 2.45) is 0 Å². The zero-order valence-electron chi connectivity index (χ0n) is 15.9. The van der Waals surface area contributed by atoms with Gasteiger partial charge in [0, 0.05) is 44.5 Å². The molecule has 0 bridgehead atoms. The molecule has 0 saturated carbocycles. The molecule has 3 rings (SSSR count). The number of carbonyl (C=O) groups is 2. The second-order valence-electron chi connectivity index (χ2n) is 6.81. The Kier molecular flexibility index (Phi) is 5.77. The summed E-state index contributed by atoms with van der Waals surface area (Å²) < 4.78 is 14.4. The predicted octanol–water partition coefficient (Wildman–Crippen LogP) is 1.60. The van der Waals surface area contributed by atoms with Crippen molar-refractivity contribution in [3.05, 3.63) is 58.3 Å². The van der Waals surface area contributed by atoms with Gasteiger partial charge in [-0.1, -0.05) is 0 Å². The molecular formula is C20H23FN4O3. The van der Waals surface area contributed by atoms with Crippen molar-refractivity contribution in [3.8, 4) is 0 Å². The van der Waals surface area contributed by atoms with Gasteiger partial charge >= 0.3 is 0 Å². The average Bonchev–Trinajstić information content (AvgIpc) is 2.68. The number of hydrogen-bond acceptors (Lipinski definition) is 4. The SMILES string of the molecule is CC(=O)Nc1ccc(C)n(CC(=O)N2CCN(c3ccc(F)cc3)CC2)c1=O. The number of halogens is 1. The minimum atomic E-state index is -0.395. The van der Waals surface area contributed by atoms with E-state index >= 15 is 0 Å². The van der Waals surface area contributed by atoms with Crippen LogP contribution in [0, 0.1) is 12.7 Å². The fourth-order valence-corrected chi connectivity index (χ4v) is 3.25. The Bertz CT molecular complexity index is 931. The van der Waals surface area contributed by atoms with Gasteiger partial charge < -0.3 is 19.7 Å². The van der Waals surface area contributed by atoms with Crippen LogP contribution in [0.15, 0.2) is 41.2 Å². The van der Waals surface area contributed by atoms with E-state index in [4.69, 9.17) is 0 Å². The molecule has 1 N–H and O–H groups in total. The minimum Gasteiger partial charge on any atom is -0.368 e. The van der Waals surface area contributed by atoms with Gasteiger partial charge in [0.15, 0.2) is 0 Å². The Hall–Kier alpha value is -3.16. The number of piperazine rings is 1. The number of benzene rings is 1. The first-order chi connectivity index (χ1) is 13.3. The van der Waals surface area contributed by atoms with Crippen LogP contribution in [-0.2, 0) is 16.1 Å². The van der Waals surface area contributed by atoms with E-state index in [1.807, 2.05) is 0 Å². The predicted molar refractivity (Wildman–Crippen MR) is 105 cm³/mol. The largest absolute Gasteiger partial charge is 0.368 e. The topological polar surface area (TPSA) is 74.7 Å². The van der Waals surface area contributed by atoms with Crippen LogP contribution in [0.5, 0.6) is 0 Å². The lowest BCUT2D eigenvalue weighted by molar-refractivity contribution is -0.132. The highest BCUT2D eigenvalue weighted by atomic mass is 19.1. The van der Waals surface area contributed by atoms with E-state index in [2.05, 4.69) is 10.2 Å². The first-order valence-corrected chi connectivity index (χ1v) is 9.11. The number of hydrogen-bond donors (Lipinski definition) is 1. The zero-order valence-corrected chi connectivity index (χ0v) is 15.9. The smallest absolute Gasteiger partial charge is 0.274 e. The summed E-state index contributed by atoms with van der Waals surface area (Å²) in [7, 11) is 0. The van der Waals surface area contributed by atoms with Crippen LogP contribution in [0.1, 0.15) is 12.6 Å². The summed E-state index contributed by atoms with van der Waals surface area (Å²) >= 11 is 0. The van der Waals surface area contributed by atoms with Crippen LogP contribution in [0.4, 0.5) is 15.8 Å². The van der Waals surface area contributed by atoms with Gasteiger partial charge in [0.05, 0.1) is 0 Å². The van der Waals surface area contributed by atoms with Crippen LogP contribution in [0.2, 0.25) is 0 Å². The fraction of sp³-hybridized carbons (Fsp3) is 0.350. The van der Waals surface area contributed by atoms with Crippen LogP contribution in [0.3, 0.4) is 0 Å². The van der Waals surface area contributed by atoms with Crippen molar-refractivity contribution in [1.29, 1.82) is 0 Å². The number of aryl methyl sites for hydroxylation is 1. The minimum absolute atomic E-state index is 0.0748. The summed E-state index contributed by atoms with van der Waals surface area (Å²) in [6.07, 6.45) is 0. The summed E-state index contributed by atoms with van der Waals surface area (Å²) in [6, 6.07) is 9.54. The zero-order chi connectivity index (χ0) is 20.3. The summed E-state index contributed by atoms with van der Waals surface area (Å²) in [6.45, 7) is 5.32. The van der Waals surface area contributed by atoms with Gasteiger partial charge in [0.25, 0.3) is 5.56 Å². The molecule has 1 aromatic carbocycles. The molecule has 1 aliphatic rings. The van der Waals surface area contributed by atoms with Crippen molar-refractivity contribution in [2.45, 2.75) is 20.4 Å². The number of aromatic nitrogens is 1. The fourth-order valence-electron chi connectivity index (χ4n) is 3.25. The number of rotatable bonds is 4. The molecule has 2 heterocycles. The normalized spacial score (nSPS) is 14.1. The maximum atomic E-state index is 13.1. The molecule has 1 saturated heterocycles. The van der Waals surface area contributed by atoms with E-state index in [1.165, 1.54) is 23.6 Å². The van der Waals surface area contributed by atoms with E-state index in [9.17, 15) is 18.8 Å². The number of amides is 2. The third-order valence-corrected chi connectivity index (χ3v) is 4.82. The molecule has 1 fully saturated rings. The first-order valence-electron chi connectivity index (χ1n) is 9.11. The third-order valence-electron chi connectivity index (χ3n) is 4.82. The molecule has 0 aliphatic carbocycles. The third kappa shape index (κ3) is 4.39. The lowest BCUT2D eigenvalue weighted by Crippen LogP contribution is -2.50. The average molecular weight is 386 g/mol. The van der Waals surface area contributed by atoms with Gasteiger partial charge in [0.1, 0.15) is 18.0 Å². The molecular weight excluding hydrogens is 363 g/mol. The maximum Gasteiger partial charge on any atom is 0.274 e. The molecule has 7 nitrogen and oxygen atoms in total. The van der Waals surface area contributed by atoms with Crippen LogP contribution in [0.25, 0.3) is 0 Å². The molecule has 0 unspecified atom stereocenters. The molecule has 148 valence electrons. The van der Waals surface area contributed by atoms with Crippen LogP contribution < -0.4 is 15.8 Å². The van der Waals surface area contributed by atoms with Crippen molar-refractivity contribution in [1.82, 2.24) is 9.47 Å². The van der Waals surface area contributed by atoms with E-state index in [0.29, 0.717) is 31.9 Å². The summed E-state index contributed by atoms with van der Waals surface area (Å²) in [4.78, 5) is 40.3. The molecule has 1 aliphatic heterocycles. The van der Waals surface area contributed by atoms with Gasteiger partial charge in [-0.25, -0.2) is 4.39 Å². The molecule has 1 aromatic heterocycles. The van der Waals surface area contributed by atoms with Crippen molar-refractivity contribution >= 4 is 23.2 Å². The molecule has 8 heteroatoms. The summed E-state index contributed by atoms with van der Waals surface area (Å²) in [5, 5.41) is 2.49. The number of nitrogens with one attached hydrogen (secondary N) is 1. The maximum absolute atomic E-state index is 13.1.